The van der Waals surface area contributed by atoms with Gasteiger partial charge in [-0.05, 0) is 20.3 Å². The summed E-state index contributed by atoms with van der Waals surface area (Å²) in [5.41, 5.74) is -0.676. The smallest absolute Gasteiger partial charge is 0.244 e. The number of nitrogens with one attached hydrogen (secondary N) is 2. The molecular weight excluding hydrogens is 218 g/mol. The van der Waals surface area contributed by atoms with Crippen LogP contribution in [0.5, 0.6) is 0 Å². The minimum Gasteiger partial charge on any atom is -0.396 e. The van der Waals surface area contributed by atoms with Crippen LogP contribution in [0.15, 0.2) is 17.3 Å². The van der Waals surface area contributed by atoms with E-state index < -0.39 is 15.6 Å². The maximum atomic E-state index is 11.7. The van der Waals surface area contributed by atoms with Gasteiger partial charge >= 0.3 is 0 Å². The molecule has 0 aliphatic rings. The van der Waals surface area contributed by atoms with Crippen molar-refractivity contribution in [3.63, 3.8) is 0 Å². The van der Waals surface area contributed by atoms with Crippen LogP contribution in [-0.4, -0.2) is 35.9 Å². The van der Waals surface area contributed by atoms with Crippen LogP contribution in [0.1, 0.15) is 20.3 Å². The number of H-pyrrole nitrogens is 1. The number of hydrogen-bond acceptors (Lipinski definition) is 4. The molecule has 1 aromatic rings. The summed E-state index contributed by atoms with van der Waals surface area (Å²) in [5.74, 6) is 0. The molecule has 0 aliphatic carbocycles. The Morgan fingerprint density at radius 2 is 2.27 bits per heavy atom. The maximum Gasteiger partial charge on any atom is 0.244 e. The van der Waals surface area contributed by atoms with Crippen molar-refractivity contribution in [1.29, 1.82) is 0 Å². The lowest BCUT2D eigenvalue weighted by Crippen LogP contribution is -2.43. The molecular formula is C8H15N3O3S. The SMILES string of the molecule is CC(C)(CCO)NS(=O)(=O)c1cn[nH]c1. The highest BCUT2D eigenvalue weighted by molar-refractivity contribution is 7.89. The summed E-state index contributed by atoms with van der Waals surface area (Å²) in [6.45, 7) is 3.35. The van der Waals surface area contributed by atoms with Crippen molar-refractivity contribution >= 4 is 10.0 Å². The van der Waals surface area contributed by atoms with Crippen LogP contribution in [0.25, 0.3) is 0 Å². The van der Waals surface area contributed by atoms with Crippen LogP contribution in [0, 0.1) is 0 Å². The first-order valence-corrected chi connectivity index (χ1v) is 5.99. The van der Waals surface area contributed by atoms with Crippen LogP contribution in [0.4, 0.5) is 0 Å². The molecule has 0 amide bonds. The molecule has 1 aromatic heterocycles. The second-order valence-electron chi connectivity index (χ2n) is 3.90. The predicted octanol–water partition coefficient (Wildman–Crippen LogP) is -0.151. The second-order valence-corrected chi connectivity index (χ2v) is 5.58. The molecule has 7 heteroatoms. The van der Waals surface area contributed by atoms with Gasteiger partial charge in [0.2, 0.25) is 10.0 Å². The zero-order chi connectivity index (χ0) is 11.5. The molecule has 0 aromatic carbocycles. The van der Waals surface area contributed by atoms with Gasteiger partial charge in [0.25, 0.3) is 0 Å². The quantitative estimate of drug-likeness (QED) is 0.659. The Balaban J connectivity index is 2.82. The number of nitrogens with zero attached hydrogens (tertiary/aromatic N) is 1. The molecule has 0 aliphatic heterocycles. The first kappa shape index (κ1) is 12.2. The number of aromatic nitrogens is 2. The van der Waals surface area contributed by atoms with Crippen LogP contribution >= 0.6 is 0 Å². The first-order chi connectivity index (χ1) is 6.87. The highest BCUT2D eigenvalue weighted by Crippen LogP contribution is 2.13. The van der Waals surface area contributed by atoms with Gasteiger partial charge in [0.05, 0.1) is 6.20 Å². The molecule has 3 N–H and O–H groups in total. The third kappa shape index (κ3) is 3.29. The summed E-state index contributed by atoms with van der Waals surface area (Å²) in [7, 11) is -3.55. The lowest BCUT2D eigenvalue weighted by molar-refractivity contribution is 0.246. The zero-order valence-corrected chi connectivity index (χ0v) is 9.50. The average Bonchev–Trinajstić information content (AvgIpc) is 2.52. The van der Waals surface area contributed by atoms with E-state index in [0.717, 1.165) is 0 Å². The monoisotopic (exact) mass is 233 g/mol. The van der Waals surface area contributed by atoms with Gasteiger partial charge in [0.1, 0.15) is 4.90 Å². The van der Waals surface area contributed by atoms with Crippen LogP contribution in [0.3, 0.4) is 0 Å². The lowest BCUT2D eigenvalue weighted by Gasteiger charge is -2.24. The van der Waals surface area contributed by atoms with Gasteiger partial charge in [0, 0.05) is 18.3 Å². The molecule has 0 saturated heterocycles. The predicted molar refractivity (Wildman–Crippen MR) is 54.7 cm³/mol. The Bertz CT molecular complexity index is 397. The van der Waals surface area contributed by atoms with Crippen molar-refractivity contribution in [2.75, 3.05) is 6.61 Å². The van der Waals surface area contributed by atoms with Gasteiger partial charge in [-0.15, -0.1) is 0 Å². The molecule has 6 nitrogen and oxygen atoms in total. The molecule has 0 fully saturated rings. The number of rotatable bonds is 5. The molecule has 0 unspecified atom stereocenters. The molecule has 0 atom stereocenters. The van der Waals surface area contributed by atoms with E-state index >= 15 is 0 Å². The van der Waals surface area contributed by atoms with Crippen molar-refractivity contribution in [2.45, 2.75) is 30.7 Å². The van der Waals surface area contributed by atoms with E-state index in [1.54, 1.807) is 13.8 Å². The first-order valence-electron chi connectivity index (χ1n) is 4.51. The third-order valence-electron chi connectivity index (χ3n) is 1.93. The van der Waals surface area contributed by atoms with Crippen LogP contribution in [-0.2, 0) is 10.0 Å². The molecule has 0 radical (unpaired) electrons. The van der Waals surface area contributed by atoms with E-state index in [9.17, 15) is 8.42 Å². The Hall–Kier alpha value is -0.920. The second kappa shape index (κ2) is 4.30. The van der Waals surface area contributed by atoms with Gasteiger partial charge in [-0.1, -0.05) is 0 Å². The van der Waals surface area contributed by atoms with Gasteiger partial charge in [-0.25, -0.2) is 13.1 Å². The fraction of sp³-hybridized carbons (Fsp3) is 0.625. The zero-order valence-electron chi connectivity index (χ0n) is 8.69. The van der Waals surface area contributed by atoms with Crippen LogP contribution < -0.4 is 4.72 Å². The van der Waals surface area contributed by atoms with E-state index in [4.69, 9.17) is 5.11 Å². The fourth-order valence-electron chi connectivity index (χ4n) is 1.14. The maximum absolute atomic E-state index is 11.7. The molecule has 1 rings (SSSR count). The van der Waals surface area contributed by atoms with E-state index in [-0.39, 0.29) is 11.5 Å². The number of aliphatic hydroxyl groups is 1. The standard InChI is InChI=1S/C8H15N3O3S/c1-8(2,3-4-12)11-15(13,14)7-5-9-10-6-7/h5-6,11-12H,3-4H2,1-2H3,(H,9,10). The van der Waals surface area contributed by atoms with Crippen molar-refractivity contribution in [1.82, 2.24) is 14.9 Å². The van der Waals surface area contributed by atoms with Gasteiger partial charge in [0.15, 0.2) is 0 Å². The Morgan fingerprint density at radius 1 is 1.60 bits per heavy atom. The summed E-state index contributed by atoms with van der Waals surface area (Å²) >= 11 is 0. The van der Waals surface area contributed by atoms with E-state index in [1.165, 1.54) is 12.4 Å². The summed E-state index contributed by atoms with van der Waals surface area (Å²) in [5, 5.41) is 14.8. The summed E-state index contributed by atoms with van der Waals surface area (Å²) in [6, 6.07) is 0. The Kier molecular flexibility index (Phi) is 3.48. The summed E-state index contributed by atoms with van der Waals surface area (Å²) < 4.78 is 26.0. The number of aromatic amines is 1. The molecule has 0 saturated carbocycles. The number of hydrogen-bond donors (Lipinski definition) is 3. The normalized spacial score (nSPS) is 13.0. The van der Waals surface area contributed by atoms with E-state index in [0.29, 0.717) is 6.42 Å². The van der Waals surface area contributed by atoms with Crippen molar-refractivity contribution in [3.8, 4) is 0 Å². The van der Waals surface area contributed by atoms with E-state index in [1.807, 2.05) is 0 Å². The summed E-state index contributed by atoms with van der Waals surface area (Å²) in [6.07, 6.45) is 2.89. The molecule has 86 valence electrons. The minimum absolute atomic E-state index is 0.0685. The topological polar surface area (TPSA) is 95.1 Å². The fourth-order valence-corrected chi connectivity index (χ4v) is 2.49. The molecule has 0 bridgehead atoms. The lowest BCUT2D eigenvalue weighted by atomic mass is 10.0. The van der Waals surface area contributed by atoms with Crippen molar-refractivity contribution < 1.29 is 13.5 Å². The average molecular weight is 233 g/mol. The highest BCUT2D eigenvalue weighted by atomic mass is 32.2. The Morgan fingerprint density at radius 3 is 2.73 bits per heavy atom. The highest BCUT2D eigenvalue weighted by Gasteiger charge is 2.26. The molecule has 1 heterocycles. The largest absolute Gasteiger partial charge is 0.396 e. The Labute approximate surface area is 88.8 Å². The number of sulfonamides is 1. The van der Waals surface area contributed by atoms with Gasteiger partial charge in [-0.2, -0.15) is 5.10 Å². The van der Waals surface area contributed by atoms with Gasteiger partial charge < -0.3 is 5.11 Å². The summed E-state index contributed by atoms with van der Waals surface area (Å²) in [4.78, 5) is 0.0912. The minimum atomic E-state index is -3.55. The molecule has 0 spiro atoms. The van der Waals surface area contributed by atoms with E-state index in [2.05, 4.69) is 14.9 Å². The van der Waals surface area contributed by atoms with Crippen molar-refractivity contribution in [2.24, 2.45) is 0 Å². The van der Waals surface area contributed by atoms with Gasteiger partial charge in [-0.3, -0.25) is 5.10 Å². The van der Waals surface area contributed by atoms with Crippen molar-refractivity contribution in [3.05, 3.63) is 12.4 Å². The van der Waals surface area contributed by atoms with Crippen LogP contribution in [0.2, 0.25) is 0 Å². The number of aliphatic hydroxyl groups excluding tert-OH is 1. The molecule has 15 heavy (non-hydrogen) atoms. The third-order valence-corrected chi connectivity index (χ3v) is 3.60.